The summed E-state index contributed by atoms with van der Waals surface area (Å²) in [5.41, 5.74) is 2.03. The number of hydrogen-bond donors (Lipinski definition) is 2. The van der Waals surface area contributed by atoms with Gasteiger partial charge in [-0.05, 0) is 38.3 Å². The second kappa shape index (κ2) is 7.40. The molecule has 0 aliphatic carbocycles. The summed E-state index contributed by atoms with van der Waals surface area (Å²) < 4.78 is 0. The van der Waals surface area contributed by atoms with Gasteiger partial charge in [-0.25, -0.2) is 0 Å². The molecule has 5 heteroatoms. The number of benzene rings is 1. The zero-order valence-electron chi connectivity index (χ0n) is 13.2. The van der Waals surface area contributed by atoms with Crippen LogP contribution in [0.15, 0.2) is 24.3 Å². The van der Waals surface area contributed by atoms with Gasteiger partial charge in [-0.1, -0.05) is 31.0 Å². The summed E-state index contributed by atoms with van der Waals surface area (Å²) in [7, 11) is 0. The largest absolute Gasteiger partial charge is 0.480 e. The standard InChI is InChI=1S/C17H24N2O3/c1-3-5-15(17(21)22)18-14-6-4-11-19(16(14)20)13-9-7-12(2)8-10-13/h7-10,14-15,18H,3-6,11H2,1-2H3,(H,21,22)/t14-,15+/m1/s1. The average molecular weight is 304 g/mol. The number of carboxylic acid groups (broad SMARTS) is 1. The quantitative estimate of drug-likeness (QED) is 0.846. The maximum absolute atomic E-state index is 12.6. The van der Waals surface area contributed by atoms with Gasteiger partial charge in [0.25, 0.3) is 0 Å². The first-order valence-corrected chi connectivity index (χ1v) is 7.89. The highest BCUT2D eigenvalue weighted by Crippen LogP contribution is 2.22. The van der Waals surface area contributed by atoms with Crippen molar-refractivity contribution in [2.75, 3.05) is 11.4 Å². The number of carboxylic acids is 1. The van der Waals surface area contributed by atoms with Gasteiger partial charge in [-0.2, -0.15) is 0 Å². The monoisotopic (exact) mass is 304 g/mol. The summed E-state index contributed by atoms with van der Waals surface area (Å²) in [5.74, 6) is -0.917. The summed E-state index contributed by atoms with van der Waals surface area (Å²) in [6.07, 6.45) is 2.86. The summed E-state index contributed by atoms with van der Waals surface area (Å²) >= 11 is 0. The molecule has 120 valence electrons. The highest BCUT2D eigenvalue weighted by molar-refractivity contribution is 5.98. The van der Waals surface area contributed by atoms with Gasteiger partial charge in [0.15, 0.2) is 0 Å². The van der Waals surface area contributed by atoms with Crippen LogP contribution in [-0.2, 0) is 9.59 Å². The zero-order valence-corrected chi connectivity index (χ0v) is 13.2. The summed E-state index contributed by atoms with van der Waals surface area (Å²) in [5, 5.41) is 12.3. The maximum atomic E-state index is 12.6. The smallest absolute Gasteiger partial charge is 0.320 e. The summed E-state index contributed by atoms with van der Waals surface area (Å²) in [6, 6.07) is 6.78. The molecule has 0 radical (unpaired) electrons. The normalized spacial score (nSPS) is 20.0. The number of nitrogens with zero attached hydrogens (tertiary/aromatic N) is 1. The van der Waals surface area contributed by atoms with Crippen LogP contribution in [0.25, 0.3) is 0 Å². The molecule has 2 rings (SSSR count). The van der Waals surface area contributed by atoms with Crippen molar-refractivity contribution in [2.24, 2.45) is 0 Å². The van der Waals surface area contributed by atoms with Crippen LogP contribution in [0.5, 0.6) is 0 Å². The predicted octanol–water partition coefficient (Wildman–Crippen LogP) is 2.33. The molecule has 1 aliphatic heterocycles. The Hall–Kier alpha value is -1.88. The number of rotatable bonds is 6. The summed E-state index contributed by atoms with van der Waals surface area (Å²) in [6.45, 7) is 4.64. The number of nitrogens with one attached hydrogen (secondary N) is 1. The molecule has 0 aromatic heterocycles. The Morgan fingerprint density at radius 1 is 1.41 bits per heavy atom. The molecule has 1 aliphatic rings. The van der Waals surface area contributed by atoms with Crippen molar-refractivity contribution < 1.29 is 14.7 Å². The fourth-order valence-electron chi connectivity index (χ4n) is 2.82. The van der Waals surface area contributed by atoms with Crippen molar-refractivity contribution >= 4 is 17.6 Å². The van der Waals surface area contributed by atoms with Crippen LogP contribution < -0.4 is 10.2 Å². The van der Waals surface area contributed by atoms with E-state index < -0.39 is 18.1 Å². The van der Waals surface area contributed by atoms with Gasteiger partial charge in [-0.15, -0.1) is 0 Å². The first-order chi connectivity index (χ1) is 10.5. The van der Waals surface area contributed by atoms with E-state index in [1.807, 2.05) is 38.1 Å². The molecule has 0 unspecified atom stereocenters. The van der Waals surface area contributed by atoms with Gasteiger partial charge in [0.1, 0.15) is 6.04 Å². The van der Waals surface area contributed by atoms with Crippen molar-refractivity contribution in [2.45, 2.75) is 51.6 Å². The molecule has 1 aromatic carbocycles. The van der Waals surface area contributed by atoms with E-state index >= 15 is 0 Å². The lowest BCUT2D eigenvalue weighted by atomic mass is 10.0. The number of piperidine rings is 1. The third kappa shape index (κ3) is 3.85. The van der Waals surface area contributed by atoms with Gasteiger partial charge in [0, 0.05) is 12.2 Å². The lowest BCUT2D eigenvalue weighted by Gasteiger charge is -2.34. The molecule has 1 amide bonds. The Morgan fingerprint density at radius 3 is 2.68 bits per heavy atom. The van der Waals surface area contributed by atoms with Crippen molar-refractivity contribution in [1.82, 2.24) is 5.32 Å². The highest BCUT2D eigenvalue weighted by Gasteiger charge is 2.32. The number of carbonyl (C=O) groups is 2. The first-order valence-electron chi connectivity index (χ1n) is 7.89. The number of amides is 1. The summed E-state index contributed by atoms with van der Waals surface area (Å²) in [4.78, 5) is 25.7. The van der Waals surface area contributed by atoms with Gasteiger partial charge in [0.05, 0.1) is 6.04 Å². The lowest BCUT2D eigenvalue weighted by molar-refractivity contribution is -0.140. The van der Waals surface area contributed by atoms with E-state index in [9.17, 15) is 14.7 Å². The minimum absolute atomic E-state index is 0.0301. The Kier molecular flexibility index (Phi) is 5.55. The molecule has 2 N–H and O–H groups in total. The Bertz CT molecular complexity index is 527. The van der Waals surface area contributed by atoms with Crippen molar-refractivity contribution in [1.29, 1.82) is 0 Å². The number of carbonyl (C=O) groups excluding carboxylic acids is 1. The van der Waals surface area contributed by atoms with Crippen molar-refractivity contribution in [3.8, 4) is 0 Å². The Balaban J connectivity index is 2.09. The maximum Gasteiger partial charge on any atom is 0.320 e. The van der Waals surface area contributed by atoms with Gasteiger partial charge in [-0.3, -0.25) is 14.9 Å². The van der Waals surface area contributed by atoms with E-state index in [0.29, 0.717) is 19.4 Å². The third-order valence-electron chi connectivity index (χ3n) is 4.06. The van der Waals surface area contributed by atoms with Crippen LogP contribution in [0, 0.1) is 6.92 Å². The molecular formula is C17H24N2O3. The lowest BCUT2D eigenvalue weighted by Crippen LogP contribution is -2.55. The second-order valence-electron chi connectivity index (χ2n) is 5.87. The molecule has 5 nitrogen and oxygen atoms in total. The van der Waals surface area contributed by atoms with Gasteiger partial charge in [0.2, 0.25) is 5.91 Å². The molecule has 1 fully saturated rings. The molecule has 1 aromatic rings. The van der Waals surface area contributed by atoms with Crippen LogP contribution in [-0.4, -0.2) is 35.6 Å². The average Bonchev–Trinajstić information content (AvgIpc) is 2.49. The van der Waals surface area contributed by atoms with Crippen LogP contribution in [0.3, 0.4) is 0 Å². The van der Waals surface area contributed by atoms with E-state index in [-0.39, 0.29) is 5.91 Å². The Labute approximate surface area is 131 Å². The molecule has 0 saturated carbocycles. The van der Waals surface area contributed by atoms with Crippen LogP contribution in [0.4, 0.5) is 5.69 Å². The third-order valence-corrected chi connectivity index (χ3v) is 4.06. The minimum atomic E-state index is -0.887. The van der Waals surface area contributed by atoms with E-state index in [4.69, 9.17) is 0 Å². The predicted molar refractivity (Wildman–Crippen MR) is 86.0 cm³/mol. The fourth-order valence-corrected chi connectivity index (χ4v) is 2.82. The minimum Gasteiger partial charge on any atom is -0.480 e. The number of aliphatic carboxylic acids is 1. The van der Waals surface area contributed by atoms with E-state index in [0.717, 1.165) is 24.1 Å². The van der Waals surface area contributed by atoms with E-state index in [1.54, 1.807) is 4.90 Å². The van der Waals surface area contributed by atoms with Crippen molar-refractivity contribution in [3.63, 3.8) is 0 Å². The first kappa shape index (κ1) is 16.5. The second-order valence-corrected chi connectivity index (χ2v) is 5.87. The molecule has 0 spiro atoms. The number of aryl methyl sites for hydroxylation is 1. The molecular weight excluding hydrogens is 280 g/mol. The molecule has 0 bridgehead atoms. The molecule has 1 heterocycles. The van der Waals surface area contributed by atoms with Crippen molar-refractivity contribution in [3.05, 3.63) is 29.8 Å². The Morgan fingerprint density at radius 2 is 2.09 bits per heavy atom. The molecule has 1 saturated heterocycles. The molecule has 2 atom stereocenters. The SMILES string of the molecule is CCC[C@H](N[C@@H]1CCCN(c2ccc(C)cc2)C1=O)C(=O)O. The molecule has 22 heavy (non-hydrogen) atoms. The van der Waals surface area contributed by atoms with Crippen LogP contribution >= 0.6 is 0 Å². The number of anilines is 1. The van der Waals surface area contributed by atoms with Crippen LogP contribution in [0.2, 0.25) is 0 Å². The fraction of sp³-hybridized carbons (Fsp3) is 0.529. The van der Waals surface area contributed by atoms with Crippen LogP contribution in [0.1, 0.15) is 38.2 Å². The van der Waals surface area contributed by atoms with Gasteiger partial charge < -0.3 is 10.0 Å². The van der Waals surface area contributed by atoms with E-state index in [1.165, 1.54) is 0 Å². The topological polar surface area (TPSA) is 69.6 Å². The number of hydrogen-bond acceptors (Lipinski definition) is 3. The zero-order chi connectivity index (χ0) is 16.1. The van der Waals surface area contributed by atoms with E-state index in [2.05, 4.69) is 5.32 Å². The highest BCUT2D eigenvalue weighted by atomic mass is 16.4. The van der Waals surface area contributed by atoms with Gasteiger partial charge >= 0.3 is 5.97 Å².